The molecule has 0 aromatic heterocycles. The maximum Gasteiger partial charge on any atom is 0.188 e. The van der Waals surface area contributed by atoms with Crippen molar-refractivity contribution in [3.05, 3.63) is 29.8 Å². The van der Waals surface area contributed by atoms with Crippen molar-refractivity contribution >= 4 is 14.9 Å². The Kier molecular flexibility index (Phi) is 4.36. The second kappa shape index (κ2) is 5.32. The van der Waals surface area contributed by atoms with Crippen LogP contribution in [0.15, 0.2) is 24.3 Å². The van der Waals surface area contributed by atoms with Gasteiger partial charge in [-0.1, -0.05) is 45.0 Å². The lowest BCUT2D eigenvalue weighted by Crippen LogP contribution is -2.20. The Morgan fingerprint density at radius 3 is 2.43 bits per heavy atom. The normalized spacial score (nSPS) is 14.1. The molecule has 1 unspecified atom stereocenters. The molecule has 0 fully saturated rings. The summed E-state index contributed by atoms with van der Waals surface area (Å²) in [5.41, 5.74) is 1.36. The summed E-state index contributed by atoms with van der Waals surface area (Å²) in [4.78, 5) is 9.34. The smallest absolute Gasteiger partial charge is 0.188 e. The van der Waals surface area contributed by atoms with Crippen molar-refractivity contribution in [2.24, 2.45) is 5.92 Å². The third kappa shape index (κ3) is 2.96. The molecular weight excluding hydrogens is 188 g/mol. The van der Waals surface area contributed by atoms with Gasteiger partial charge >= 0.3 is 0 Å². The van der Waals surface area contributed by atoms with Crippen LogP contribution in [0.4, 0.5) is 0 Å². The first-order valence-electron chi connectivity index (χ1n) is 5.33. The Labute approximate surface area is 89.1 Å². The first kappa shape index (κ1) is 11.5. The van der Waals surface area contributed by atoms with Gasteiger partial charge in [0, 0.05) is 0 Å². The van der Waals surface area contributed by atoms with Crippen LogP contribution in [0, 0.1) is 5.92 Å². The zero-order chi connectivity index (χ0) is 10.6. The number of hydrogen-bond acceptors (Lipinski definition) is 1. The molecule has 0 aliphatic carbocycles. The molecule has 0 radical (unpaired) electrons. The average Bonchev–Trinajstić information content (AvgIpc) is 2.16. The first-order valence-corrected chi connectivity index (χ1v) is 6.67. The predicted octanol–water partition coefficient (Wildman–Crippen LogP) is 1.54. The van der Waals surface area contributed by atoms with Crippen LogP contribution in [-0.4, -0.2) is 14.6 Å². The fourth-order valence-corrected chi connectivity index (χ4v) is 2.88. The zero-order valence-electron chi connectivity index (χ0n) is 9.33. The SMILES string of the molecule is CC(C)CC(C)c1ccccc1[SiH2]O. The second-order valence-corrected chi connectivity index (χ2v) is 5.47. The predicted molar refractivity (Wildman–Crippen MR) is 64.7 cm³/mol. The van der Waals surface area contributed by atoms with Gasteiger partial charge in [0.25, 0.3) is 0 Å². The van der Waals surface area contributed by atoms with Gasteiger partial charge in [-0.2, -0.15) is 0 Å². The number of rotatable bonds is 4. The molecule has 14 heavy (non-hydrogen) atoms. The molecule has 78 valence electrons. The molecular formula is C12H20OSi. The Morgan fingerprint density at radius 1 is 1.21 bits per heavy atom. The van der Waals surface area contributed by atoms with E-state index in [0.717, 1.165) is 5.92 Å². The van der Waals surface area contributed by atoms with Crippen molar-refractivity contribution in [2.45, 2.75) is 33.1 Å². The fraction of sp³-hybridized carbons (Fsp3) is 0.500. The van der Waals surface area contributed by atoms with Crippen molar-refractivity contribution in [2.75, 3.05) is 0 Å². The summed E-state index contributed by atoms with van der Waals surface area (Å²) in [5, 5.41) is 1.21. The van der Waals surface area contributed by atoms with Gasteiger partial charge in [0.15, 0.2) is 9.76 Å². The van der Waals surface area contributed by atoms with Crippen LogP contribution in [0.1, 0.15) is 38.7 Å². The Morgan fingerprint density at radius 2 is 1.86 bits per heavy atom. The molecule has 0 saturated heterocycles. The van der Waals surface area contributed by atoms with Crippen molar-refractivity contribution in [1.82, 2.24) is 0 Å². The lowest BCUT2D eigenvalue weighted by Gasteiger charge is -2.17. The van der Waals surface area contributed by atoms with Crippen molar-refractivity contribution in [3.63, 3.8) is 0 Å². The molecule has 0 spiro atoms. The van der Waals surface area contributed by atoms with Gasteiger partial charge in [-0.05, 0) is 29.0 Å². The standard InChI is InChI=1S/C12H20OSi/c1-9(2)8-10(3)11-6-4-5-7-12(11)14-13/h4-7,9-10,13H,8,14H2,1-3H3. The molecule has 0 amide bonds. The van der Waals surface area contributed by atoms with E-state index in [4.69, 9.17) is 0 Å². The Hall–Kier alpha value is -0.603. The summed E-state index contributed by atoms with van der Waals surface area (Å²) in [6.07, 6.45) is 1.20. The van der Waals surface area contributed by atoms with E-state index in [9.17, 15) is 4.80 Å². The number of hydrogen-bond donors (Lipinski definition) is 1. The van der Waals surface area contributed by atoms with Gasteiger partial charge in [0.2, 0.25) is 0 Å². The molecule has 0 heterocycles. The van der Waals surface area contributed by atoms with Crippen molar-refractivity contribution < 1.29 is 4.80 Å². The van der Waals surface area contributed by atoms with Crippen LogP contribution in [-0.2, 0) is 0 Å². The summed E-state index contributed by atoms with van der Waals surface area (Å²) >= 11 is 0. The van der Waals surface area contributed by atoms with E-state index in [1.54, 1.807) is 0 Å². The van der Waals surface area contributed by atoms with Gasteiger partial charge in [0.05, 0.1) is 0 Å². The van der Waals surface area contributed by atoms with Crippen LogP contribution < -0.4 is 5.19 Å². The third-order valence-electron chi connectivity index (χ3n) is 2.58. The minimum absolute atomic E-state index is 0.575. The molecule has 1 aromatic rings. The summed E-state index contributed by atoms with van der Waals surface area (Å²) < 4.78 is 0. The largest absolute Gasteiger partial charge is 0.433 e. The van der Waals surface area contributed by atoms with Crippen molar-refractivity contribution in [3.8, 4) is 0 Å². The highest BCUT2D eigenvalue weighted by Gasteiger charge is 2.10. The van der Waals surface area contributed by atoms with Crippen LogP contribution in [0.25, 0.3) is 0 Å². The maximum absolute atomic E-state index is 9.34. The fourth-order valence-electron chi connectivity index (χ4n) is 1.99. The van der Waals surface area contributed by atoms with Crippen LogP contribution in [0.5, 0.6) is 0 Å². The molecule has 1 nitrogen and oxygen atoms in total. The average molecular weight is 208 g/mol. The van der Waals surface area contributed by atoms with E-state index in [1.807, 2.05) is 6.07 Å². The monoisotopic (exact) mass is 208 g/mol. The molecule has 1 aromatic carbocycles. The van der Waals surface area contributed by atoms with Crippen LogP contribution >= 0.6 is 0 Å². The van der Waals surface area contributed by atoms with Crippen LogP contribution in [0.2, 0.25) is 0 Å². The van der Waals surface area contributed by atoms with Gasteiger partial charge in [0.1, 0.15) is 0 Å². The highest BCUT2D eigenvalue weighted by molar-refractivity contribution is 6.46. The van der Waals surface area contributed by atoms with Gasteiger partial charge in [-0.3, -0.25) is 0 Å². The highest BCUT2D eigenvalue weighted by atomic mass is 28.2. The van der Waals surface area contributed by atoms with Gasteiger partial charge in [-0.25, -0.2) is 0 Å². The Bertz CT molecular complexity index is 283. The summed E-state index contributed by atoms with van der Waals surface area (Å²) in [6.45, 7) is 6.74. The molecule has 1 N–H and O–H groups in total. The number of benzene rings is 1. The minimum atomic E-state index is -1.01. The van der Waals surface area contributed by atoms with E-state index >= 15 is 0 Å². The topological polar surface area (TPSA) is 20.2 Å². The molecule has 0 aliphatic rings. The van der Waals surface area contributed by atoms with E-state index < -0.39 is 9.76 Å². The maximum atomic E-state index is 9.34. The molecule has 2 heteroatoms. The molecule has 0 aliphatic heterocycles. The quantitative estimate of drug-likeness (QED) is 0.744. The van der Waals surface area contributed by atoms with Gasteiger partial charge in [-0.15, -0.1) is 0 Å². The zero-order valence-corrected chi connectivity index (χ0v) is 10.7. The highest BCUT2D eigenvalue weighted by Crippen LogP contribution is 2.21. The van der Waals surface area contributed by atoms with E-state index in [0.29, 0.717) is 5.92 Å². The third-order valence-corrected chi connectivity index (χ3v) is 3.57. The lowest BCUT2D eigenvalue weighted by atomic mass is 9.92. The summed E-state index contributed by atoms with van der Waals surface area (Å²) in [7, 11) is -1.01. The second-order valence-electron chi connectivity index (χ2n) is 4.39. The molecule has 1 rings (SSSR count). The summed E-state index contributed by atoms with van der Waals surface area (Å²) in [5.74, 6) is 1.30. The van der Waals surface area contributed by atoms with Gasteiger partial charge < -0.3 is 4.80 Å². The molecule has 0 bridgehead atoms. The van der Waals surface area contributed by atoms with E-state index in [2.05, 4.69) is 39.0 Å². The minimum Gasteiger partial charge on any atom is -0.433 e. The van der Waals surface area contributed by atoms with E-state index in [-0.39, 0.29) is 0 Å². The van der Waals surface area contributed by atoms with Crippen LogP contribution in [0.3, 0.4) is 0 Å². The first-order chi connectivity index (χ1) is 6.65. The Balaban J connectivity index is 2.82. The van der Waals surface area contributed by atoms with E-state index in [1.165, 1.54) is 17.2 Å². The lowest BCUT2D eigenvalue weighted by molar-refractivity contribution is 0.524. The summed E-state index contributed by atoms with van der Waals surface area (Å²) in [6, 6.07) is 8.31. The van der Waals surface area contributed by atoms with Crippen molar-refractivity contribution in [1.29, 1.82) is 0 Å². The molecule has 1 atom stereocenters. The molecule has 0 saturated carbocycles.